The van der Waals surface area contributed by atoms with Gasteiger partial charge in [0.25, 0.3) is 0 Å². The van der Waals surface area contributed by atoms with Gasteiger partial charge in [0.05, 0.1) is 13.2 Å². The second-order valence-electron chi connectivity index (χ2n) is 12.2. The zero-order valence-electron chi connectivity index (χ0n) is 25.7. The van der Waals surface area contributed by atoms with Crippen molar-refractivity contribution in [1.29, 1.82) is 0 Å². The summed E-state index contributed by atoms with van der Waals surface area (Å²) in [5, 5.41) is 0. The fourth-order valence-electron chi connectivity index (χ4n) is 6.47. The molecule has 2 fully saturated rings. The van der Waals surface area contributed by atoms with E-state index < -0.39 is 59.3 Å². The maximum atomic E-state index is 15.1. The Balaban J connectivity index is 1.20. The Morgan fingerprint density at radius 2 is 1.47 bits per heavy atom. The number of ether oxygens (including phenoxy) is 4. The van der Waals surface area contributed by atoms with Gasteiger partial charge in [0.2, 0.25) is 0 Å². The van der Waals surface area contributed by atoms with Crippen LogP contribution in [0.15, 0.2) is 48.5 Å². The van der Waals surface area contributed by atoms with E-state index in [1.54, 1.807) is 0 Å². The maximum Gasteiger partial charge on any atom is 0.432 e. The van der Waals surface area contributed by atoms with Crippen LogP contribution in [0, 0.1) is 41.0 Å². The summed E-state index contributed by atoms with van der Waals surface area (Å²) in [6, 6.07) is 6.42. The Morgan fingerprint density at radius 3 is 2.06 bits per heavy atom. The lowest BCUT2D eigenvalue weighted by molar-refractivity contribution is -0.215. The van der Waals surface area contributed by atoms with Crippen molar-refractivity contribution >= 4 is 0 Å². The molecule has 0 N–H and O–H groups in total. The molecule has 5 rings (SSSR count). The number of rotatable bonds is 12. The first-order valence-electron chi connectivity index (χ1n) is 15.8. The zero-order valence-corrected chi connectivity index (χ0v) is 25.7. The molecule has 1 saturated carbocycles. The van der Waals surface area contributed by atoms with Crippen LogP contribution in [0.4, 0.5) is 35.1 Å². The van der Waals surface area contributed by atoms with Gasteiger partial charge in [0.15, 0.2) is 17.9 Å². The van der Waals surface area contributed by atoms with Gasteiger partial charge in [-0.1, -0.05) is 51.5 Å². The molecule has 3 aromatic carbocycles. The molecule has 1 aliphatic carbocycles. The van der Waals surface area contributed by atoms with E-state index in [4.69, 9.17) is 9.47 Å². The van der Waals surface area contributed by atoms with Crippen molar-refractivity contribution in [2.75, 3.05) is 13.2 Å². The molecule has 0 unspecified atom stereocenters. The number of halogens is 8. The normalized spacial score (nSPS) is 22.0. The third-order valence-corrected chi connectivity index (χ3v) is 8.97. The van der Waals surface area contributed by atoms with Crippen LogP contribution in [0.1, 0.15) is 75.7 Å². The Morgan fingerprint density at radius 1 is 0.787 bits per heavy atom. The van der Waals surface area contributed by atoms with Gasteiger partial charge in [0, 0.05) is 23.1 Å². The van der Waals surface area contributed by atoms with Crippen LogP contribution in [0.25, 0.3) is 11.1 Å². The van der Waals surface area contributed by atoms with E-state index in [-0.39, 0.29) is 22.6 Å². The first-order valence-corrected chi connectivity index (χ1v) is 15.8. The summed E-state index contributed by atoms with van der Waals surface area (Å²) in [5.74, 6) is -5.82. The average molecular weight is 673 g/mol. The summed E-state index contributed by atoms with van der Waals surface area (Å²) in [6.45, 7) is -0.447. The van der Waals surface area contributed by atoms with Crippen molar-refractivity contribution < 1.29 is 54.1 Å². The van der Waals surface area contributed by atoms with Crippen LogP contribution in [-0.2, 0) is 15.6 Å². The number of benzene rings is 3. The van der Waals surface area contributed by atoms with E-state index in [0.717, 1.165) is 61.9 Å². The Labute approximate surface area is 268 Å². The maximum absolute atomic E-state index is 15.1. The first-order chi connectivity index (χ1) is 22.4. The molecule has 0 radical (unpaired) electrons. The largest absolute Gasteiger partial charge is 0.432 e. The minimum absolute atomic E-state index is 0.106. The number of hydrogen-bond donors (Lipinski definition) is 0. The highest BCUT2D eigenvalue weighted by Gasteiger charge is 2.42. The van der Waals surface area contributed by atoms with Crippen molar-refractivity contribution in [3.8, 4) is 22.6 Å². The molecule has 47 heavy (non-hydrogen) atoms. The summed E-state index contributed by atoms with van der Waals surface area (Å²) in [6.07, 6.45) is 3.73. The SMILES string of the molecule is CCCCCC1CCC(C2COC(c3cc(F)c(C(F)(F)Oc4ccc(-c5ccc(OC(F)F)c(F)c5)c(F)c4)c(F)c3)OC2)CC1. The lowest BCUT2D eigenvalue weighted by atomic mass is 9.74. The van der Waals surface area contributed by atoms with Gasteiger partial charge in [-0.2, -0.15) is 17.6 Å². The molecule has 0 spiro atoms. The van der Waals surface area contributed by atoms with Crippen molar-refractivity contribution in [2.45, 2.75) is 77.3 Å². The second kappa shape index (κ2) is 15.2. The van der Waals surface area contributed by atoms with Gasteiger partial charge >= 0.3 is 12.7 Å². The monoisotopic (exact) mass is 672 g/mol. The van der Waals surface area contributed by atoms with Crippen LogP contribution < -0.4 is 9.47 Å². The molecule has 1 heterocycles. The van der Waals surface area contributed by atoms with Gasteiger partial charge in [0.1, 0.15) is 28.8 Å². The minimum Gasteiger partial charge on any atom is -0.432 e. The van der Waals surface area contributed by atoms with E-state index in [1.165, 1.54) is 25.7 Å². The molecule has 0 aromatic heterocycles. The van der Waals surface area contributed by atoms with Gasteiger partial charge in [-0.3, -0.25) is 0 Å². The minimum atomic E-state index is -4.56. The molecule has 0 amide bonds. The molecule has 3 aromatic rings. The topological polar surface area (TPSA) is 36.9 Å². The quantitative estimate of drug-likeness (QED) is 0.142. The van der Waals surface area contributed by atoms with E-state index in [2.05, 4.69) is 16.4 Å². The molecule has 4 nitrogen and oxygen atoms in total. The lowest BCUT2D eigenvalue weighted by Gasteiger charge is -2.38. The number of hydrogen-bond acceptors (Lipinski definition) is 4. The summed E-state index contributed by atoms with van der Waals surface area (Å²) >= 11 is 0. The van der Waals surface area contributed by atoms with Crippen molar-refractivity contribution in [1.82, 2.24) is 0 Å². The predicted molar refractivity (Wildman–Crippen MR) is 157 cm³/mol. The molecular formula is C35H36F8O4. The average Bonchev–Trinajstić information content (AvgIpc) is 3.02. The van der Waals surface area contributed by atoms with E-state index in [0.29, 0.717) is 37.3 Å². The smallest absolute Gasteiger partial charge is 0.432 e. The van der Waals surface area contributed by atoms with Gasteiger partial charge in [-0.05, 0) is 66.6 Å². The summed E-state index contributed by atoms with van der Waals surface area (Å²) in [4.78, 5) is 0. The molecule has 1 saturated heterocycles. The molecule has 2 aliphatic rings. The first kappa shape index (κ1) is 34.9. The number of alkyl halides is 4. The summed E-state index contributed by atoms with van der Waals surface area (Å²) < 4.78 is 134. The van der Waals surface area contributed by atoms with Crippen molar-refractivity contribution in [2.24, 2.45) is 17.8 Å². The fraction of sp³-hybridized carbons (Fsp3) is 0.486. The van der Waals surface area contributed by atoms with Crippen LogP contribution >= 0.6 is 0 Å². The van der Waals surface area contributed by atoms with Gasteiger partial charge in [-0.25, -0.2) is 17.6 Å². The summed E-state index contributed by atoms with van der Waals surface area (Å²) in [5.41, 5.74) is -2.19. The zero-order chi connectivity index (χ0) is 33.7. The predicted octanol–water partition coefficient (Wildman–Crippen LogP) is 10.7. The molecule has 0 atom stereocenters. The molecule has 0 bridgehead atoms. The molecule has 12 heteroatoms. The standard InChI is InChI=1S/C35H36F8O4/c1-2-3-4-5-20-6-8-21(9-7-20)24-18-44-33(45-19-24)23-15-29(38)32(30(39)16-23)35(42,43)47-25-11-12-26(27(36)17-25)22-10-13-31(28(37)14-22)46-34(40)41/h10-17,20-21,24,33-34H,2-9,18-19H2,1H3. The molecular weight excluding hydrogens is 636 g/mol. The second-order valence-corrected chi connectivity index (χ2v) is 12.2. The van der Waals surface area contributed by atoms with Crippen LogP contribution in [-0.4, -0.2) is 19.8 Å². The Kier molecular flexibility index (Phi) is 11.3. The van der Waals surface area contributed by atoms with E-state index >= 15 is 17.6 Å². The van der Waals surface area contributed by atoms with E-state index in [1.807, 2.05) is 0 Å². The highest BCUT2D eigenvalue weighted by Crippen LogP contribution is 2.41. The van der Waals surface area contributed by atoms with Crippen molar-refractivity contribution in [3.05, 3.63) is 82.9 Å². The van der Waals surface area contributed by atoms with E-state index in [9.17, 15) is 17.6 Å². The summed E-state index contributed by atoms with van der Waals surface area (Å²) in [7, 11) is 0. The van der Waals surface area contributed by atoms with Crippen LogP contribution in [0.3, 0.4) is 0 Å². The van der Waals surface area contributed by atoms with Crippen molar-refractivity contribution in [3.63, 3.8) is 0 Å². The third kappa shape index (κ3) is 8.56. The Hall–Kier alpha value is -3.38. The van der Waals surface area contributed by atoms with Crippen LogP contribution in [0.2, 0.25) is 0 Å². The number of unbranched alkanes of at least 4 members (excludes halogenated alkanes) is 2. The lowest BCUT2D eigenvalue weighted by Crippen LogP contribution is -2.34. The molecule has 1 aliphatic heterocycles. The van der Waals surface area contributed by atoms with Gasteiger partial charge < -0.3 is 18.9 Å². The third-order valence-electron chi connectivity index (χ3n) is 8.97. The fourth-order valence-corrected chi connectivity index (χ4v) is 6.47. The van der Waals surface area contributed by atoms with Gasteiger partial charge in [-0.15, -0.1) is 0 Å². The van der Waals surface area contributed by atoms with Crippen LogP contribution in [0.5, 0.6) is 11.5 Å². The Bertz CT molecular complexity index is 1480. The highest BCUT2D eigenvalue weighted by atomic mass is 19.3. The molecule has 256 valence electrons. The highest BCUT2D eigenvalue weighted by molar-refractivity contribution is 5.66.